The van der Waals surface area contributed by atoms with E-state index in [1.54, 1.807) is 6.07 Å². The van der Waals surface area contributed by atoms with Gasteiger partial charge in [-0.25, -0.2) is 9.78 Å². The molecule has 1 aliphatic rings. The van der Waals surface area contributed by atoms with Gasteiger partial charge in [-0.2, -0.15) is 0 Å². The van der Waals surface area contributed by atoms with E-state index in [1.807, 2.05) is 4.90 Å². The van der Waals surface area contributed by atoms with E-state index in [9.17, 15) is 9.59 Å². The largest absolute Gasteiger partial charge is 0.477 e. The Morgan fingerprint density at radius 2 is 2.35 bits per heavy atom. The van der Waals surface area contributed by atoms with Crippen LogP contribution in [-0.4, -0.2) is 41.6 Å². The molecule has 2 rings (SSSR count). The van der Waals surface area contributed by atoms with E-state index in [0.29, 0.717) is 6.54 Å². The molecule has 90 valence electrons. The summed E-state index contributed by atoms with van der Waals surface area (Å²) in [4.78, 5) is 27.8. The lowest BCUT2D eigenvalue weighted by Gasteiger charge is -2.21. The van der Waals surface area contributed by atoms with Crippen LogP contribution in [0.3, 0.4) is 0 Å². The van der Waals surface area contributed by atoms with E-state index >= 15 is 0 Å². The molecular weight excluding hydrogens is 222 g/mol. The summed E-state index contributed by atoms with van der Waals surface area (Å²) in [5.74, 6) is -1.11. The van der Waals surface area contributed by atoms with Crippen LogP contribution in [0.4, 0.5) is 5.69 Å². The average molecular weight is 235 g/mol. The smallest absolute Gasteiger partial charge is 0.354 e. The van der Waals surface area contributed by atoms with Crippen molar-refractivity contribution in [2.75, 3.05) is 24.5 Å². The van der Waals surface area contributed by atoms with E-state index in [-0.39, 0.29) is 18.1 Å². The third-order valence-corrected chi connectivity index (χ3v) is 2.59. The van der Waals surface area contributed by atoms with Gasteiger partial charge in [-0.05, 0) is 18.6 Å². The van der Waals surface area contributed by atoms with Crippen molar-refractivity contribution >= 4 is 17.6 Å². The standard InChI is InChI=1S/C11H13N3O3/c15-10-7-14(5-1-3-13-10)8-2-4-12-9(6-8)11(16)17/h2,4,6H,1,3,5,7H2,(H,13,15)(H,16,17). The van der Waals surface area contributed by atoms with E-state index in [1.165, 1.54) is 12.3 Å². The van der Waals surface area contributed by atoms with Crippen LogP contribution in [0.5, 0.6) is 0 Å². The number of rotatable bonds is 2. The number of aromatic carboxylic acids is 1. The van der Waals surface area contributed by atoms with Crippen LogP contribution < -0.4 is 10.2 Å². The summed E-state index contributed by atoms with van der Waals surface area (Å²) in [5.41, 5.74) is 0.710. The Balaban J connectivity index is 2.23. The fraction of sp³-hybridized carbons (Fsp3) is 0.364. The highest BCUT2D eigenvalue weighted by Gasteiger charge is 2.16. The number of aromatic nitrogens is 1. The van der Waals surface area contributed by atoms with E-state index in [4.69, 9.17) is 5.11 Å². The summed E-state index contributed by atoms with van der Waals surface area (Å²) in [6.45, 7) is 1.64. The summed E-state index contributed by atoms with van der Waals surface area (Å²) in [7, 11) is 0. The quantitative estimate of drug-likeness (QED) is 0.760. The van der Waals surface area contributed by atoms with E-state index < -0.39 is 5.97 Å². The fourth-order valence-electron chi connectivity index (χ4n) is 1.76. The molecule has 1 aliphatic heterocycles. The number of carbonyl (C=O) groups excluding carboxylic acids is 1. The highest BCUT2D eigenvalue weighted by Crippen LogP contribution is 2.15. The third kappa shape index (κ3) is 2.72. The maximum absolute atomic E-state index is 11.4. The van der Waals surface area contributed by atoms with Crippen molar-refractivity contribution in [3.63, 3.8) is 0 Å². The molecule has 0 saturated carbocycles. The Morgan fingerprint density at radius 1 is 1.53 bits per heavy atom. The third-order valence-electron chi connectivity index (χ3n) is 2.59. The zero-order valence-electron chi connectivity index (χ0n) is 9.22. The number of amides is 1. The molecular formula is C11H13N3O3. The second-order valence-electron chi connectivity index (χ2n) is 3.83. The number of anilines is 1. The molecule has 0 bridgehead atoms. The van der Waals surface area contributed by atoms with Crippen molar-refractivity contribution in [2.45, 2.75) is 6.42 Å². The predicted molar refractivity (Wildman–Crippen MR) is 61.0 cm³/mol. The number of carboxylic acids is 1. The van der Waals surface area contributed by atoms with Crippen molar-refractivity contribution in [1.82, 2.24) is 10.3 Å². The summed E-state index contributed by atoms with van der Waals surface area (Å²) in [6.07, 6.45) is 2.29. The van der Waals surface area contributed by atoms with Gasteiger partial charge >= 0.3 is 5.97 Å². The van der Waals surface area contributed by atoms with Crippen molar-refractivity contribution in [2.24, 2.45) is 0 Å². The van der Waals surface area contributed by atoms with Gasteiger partial charge in [0, 0.05) is 25.0 Å². The van der Waals surface area contributed by atoms with Crippen LogP contribution >= 0.6 is 0 Å². The molecule has 0 aliphatic carbocycles. The van der Waals surface area contributed by atoms with Crippen LogP contribution in [0, 0.1) is 0 Å². The molecule has 0 spiro atoms. The predicted octanol–water partition coefficient (Wildman–Crippen LogP) is 0.106. The molecule has 0 radical (unpaired) electrons. The first kappa shape index (κ1) is 11.4. The van der Waals surface area contributed by atoms with Crippen LogP contribution in [0.25, 0.3) is 0 Å². The molecule has 0 aromatic carbocycles. The average Bonchev–Trinajstić information content (AvgIpc) is 2.54. The Kier molecular flexibility index (Phi) is 3.22. The van der Waals surface area contributed by atoms with Crippen LogP contribution in [0.15, 0.2) is 18.3 Å². The SMILES string of the molecule is O=C1CN(c2ccnc(C(=O)O)c2)CCCN1. The zero-order valence-corrected chi connectivity index (χ0v) is 9.22. The second kappa shape index (κ2) is 4.82. The molecule has 1 aromatic heterocycles. The fourth-order valence-corrected chi connectivity index (χ4v) is 1.76. The summed E-state index contributed by atoms with van der Waals surface area (Å²) < 4.78 is 0. The van der Waals surface area contributed by atoms with Crippen molar-refractivity contribution in [1.29, 1.82) is 0 Å². The molecule has 1 amide bonds. The molecule has 0 unspecified atom stereocenters. The van der Waals surface area contributed by atoms with Crippen LogP contribution in [-0.2, 0) is 4.79 Å². The van der Waals surface area contributed by atoms with Gasteiger partial charge in [0.2, 0.25) is 5.91 Å². The number of hydrogen-bond donors (Lipinski definition) is 2. The van der Waals surface area contributed by atoms with E-state index in [0.717, 1.165) is 18.7 Å². The summed E-state index contributed by atoms with van der Waals surface area (Å²) in [6, 6.07) is 3.20. The van der Waals surface area contributed by atoms with Crippen molar-refractivity contribution in [3.05, 3.63) is 24.0 Å². The maximum atomic E-state index is 11.4. The number of carbonyl (C=O) groups is 2. The normalized spacial score (nSPS) is 16.2. The molecule has 6 heteroatoms. The second-order valence-corrected chi connectivity index (χ2v) is 3.83. The van der Waals surface area contributed by atoms with Gasteiger partial charge in [-0.3, -0.25) is 4.79 Å². The van der Waals surface area contributed by atoms with E-state index in [2.05, 4.69) is 10.3 Å². The Bertz CT molecular complexity index is 447. The topological polar surface area (TPSA) is 82.5 Å². The van der Waals surface area contributed by atoms with Gasteiger partial charge in [0.25, 0.3) is 0 Å². The Labute approximate surface area is 98.3 Å². The number of nitrogens with one attached hydrogen (secondary N) is 1. The summed E-state index contributed by atoms with van der Waals surface area (Å²) in [5, 5.41) is 11.6. The lowest BCUT2D eigenvalue weighted by atomic mass is 10.2. The van der Waals surface area contributed by atoms with Gasteiger partial charge in [-0.15, -0.1) is 0 Å². The number of carboxylic acid groups (broad SMARTS) is 1. The first-order chi connectivity index (χ1) is 8.16. The lowest BCUT2D eigenvalue weighted by molar-refractivity contribution is -0.119. The number of hydrogen-bond acceptors (Lipinski definition) is 4. The Hall–Kier alpha value is -2.11. The lowest BCUT2D eigenvalue weighted by Crippen LogP contribution is -2.33. The molecule has 6 nitrogen and oxygen atoms in total. The van der Waals surface area contributed by atoms with Gasteiger partial charge < -0.3 is 15.3 Å². The van der Waals surface area contributed by atoms with Crippen LogP contribution in [0.2, 0.25) is 0 Å². The highest BCUT2D eigenvalue weighted by atomic mass is 16.4. The molecule has 2 heterocycles. The molecule has 17 heavy (non-hydrogen) atoms. The zero-order chi connectivity index (χ0) is 12.3. The molecule has 0 atom stereocenters. The molecule has 1 aromatic rings. The molecule has 1 fully saturated rings. The van der Waals surface area contributed by atoms with Gasteiger partial charge in [0.1, 0.15) is 5.69 Å². The first-order valence-electron chi connectivity index (χ1n) is 5.38. The van der Waals surface area contributed by atoms with Gasteiger partial charge in [0.05, 0.1) is 6.54 Å². The minimum Gasteiger partial charge on any atom is -0.477 e. The van der Waals surface area contributed by atoms with Crippen molar-refractivity contribution in [3.8, 4) is 0 Å². The summed E-state index contributed by atoms with van der Waals surface area (Å²) >= 11 is 0. The number of pyridine rings is 1. The molecule has 2 N–H and O–H groups in total. The van der Waals surface area contributed by atoms with Crippen LogP contribution in [0.1, 0.15) is 16.9 Å². The van der Waals surface area contributed by atoms with Gasteiger partial charge in [0.15, 0.2) is 0 Å². The maximum Gasteiger partial charge on any atom is 0.354 e. The monoisotopic (exact) mass is 235 g/mol. The highest BCUT2D eigenvalue weighted by molar-refractivity contribution is 5.87. The minimum absolute atomic E-state index is 0.00726. The van der Waals surface area contributed by atoms with Gasteiger partial charge in [-0.1, -0.05) is 0 Å². The van der Waals surface area contributed by atoms with Crippen molar-refractivity contribution < 1.29 is 14.7 Å². The Morgan fingerprint density at radius 3 is 3.12 bits per heavy atom. The first-order valence-corrected chi connectivity index (χ1v) is 5.38. The minimum atomic E-state index is -1.06. The number of nitrogens with zero attached hydrogens (tertiary/aromatic N) is 2. The molecule has 1 saturated heterocycles.